The molecule has 0 fully saturated rings. The van der Waals surface area contributed by atoms with Gasteiger partial charge in [0, 0.05) is 12.8 Å². The predicted molar refractivity (Wildman–Crippen MR) is 371 cm³/mol. The number of unbranched alkanes of at least 4 members (excludes halogenated alkanes) is 33. The van der Waals surface area contributed by atoms with E-state index >= 15 is 0 Å². The Balaban J connectivity index is 4.07. The number of hydrogen-bond acceptors (Lipinski definition) is 7. The van der Waals surface area contributed by atoms with Crippen molar-refractivity contribution in [1.29, 1.82) is 0 Å². The van der Waals surface area contributed by atoms with Crippen LogP contribution >= 0.6 is 7.82 Å². The van der Waals surface area contributed by atoms with Crippen LogP contribution in [0.4, 0.5) is 0 Å². The monoisotopic (exact) mass is 1220 g/mol. The SMILES string of the molecule is CC/C=C\C/C=C\C/C=C\C/C=C\C/C=C\C/C=C\C/C=C\CCCCCCCCCCCC(=O)OC(COC(=O)CCCCCCCCCCCCCCCCCCCCC/C=C\C/C=C\CCCCCCC)COP(=O)(O)OCC[N+](C)(C)C. The molecule has 0 radical (unpaired) electrons. The highest BCUT2D eigenvalue weighted by Crippen LogP contribution is 2.43. The summed E-state index contributed by atoms with van der Waals surface area (Å²) in [4.78, 5) is 35.9. The van der Waals surface area contributed by atoms with Crippen LogP contribution in [-0.4, -0.2) is 74.9 Å². The maximum Gasteiger partial charge on any atom is 0.472 e. The third kappa shape index (κ3) is 69.8. The van der Waals surface area contributed by atoms with Crippen LogP contribution in [0.2, 0.25) is 0 Å². The van der Waals surface area contributed by atoms with Crippen molar-refractivity contribution in [1.82, 2.24) is 0 Å². The minimum absolute atomic E-state index is 0.0268. The lowest BCUT2D eigenvalue weighted by atomic mass is 10.0. The van der Waals surface area contributed by atoms with Gasteiger partial charge in [-0.1, -0.05) is 303 Å². The van der Waals surface area contributed by atoms with E-state index in [0.29, 0.717) is 17.4 Å². The minimum Gasteiger partial charge on any atom is -0.462 e. The Morgan fingerprint density at radius 2 is 0.663 bits per heavy atom. The van der Waals surface area contributed by atoms with E-state index in [0.717, 1.165) is 96.3 Å². The van der Waals surface area contributed by atoms with Gasteiger partial charge in [0.25, 0.3) is 0 Å². The molecule has 9 nitrogen and oxygen atoms in total. The first kappa shape index (κ1) is 82.7. The van der Waals surface area contributed by atoms with Gasteiger partial charge in [0.15, 0.2) is 6.10 Å². The van der Waals surface area contributed by atoms with Crippen molar-refractivity contribution in [2.75, 3.05) is 47.5 Å². The Kier molecular flexibility index (Phi) is 63.5. The van der Waals surface area contributed by atoms with Gasteiger partial charge in [-0.15, -0.1) is 0 Å². The third-order valence-corrected chi connectivity index (χ3v) is 16.3. The number of phosphoric acid groups is 1. The topological polar surface area (TPSA) is 108 Å². The zero-order chi connectivity index (χ0) is 62.6. The van der Waals surface area contributed by atoms with Crippen molar-refractivity contribution < 1.29 is 42.1 Å². The number of carbonyl (C=O) groups excluding carboxylic acids is 2. The Morgan fingerprint density at radius 3 is 0.988 bits per heavy atom. The first-order valence-corrected chi connectivity index (χ1v) is 37.1. The molecule has 0 aromatic heterocycles. The molecule has 496 valence electrons. The van der Waals surface area contributed by atoms with Crippen molar-refractivity contribution in [2.45, 2.75) is 315 Å². The normalized spacial score (nSPS) is 13.8. The Morgan fingerprint density at radius 1 is 0.372 bits per heavy atom. The van der Waals surface area contributed by atoms with E-state index in [2.05, 4.69) is 123 Å². The predicted octanol–water partition coefficient (Wildman–Crippen LogP) is 23.3. The first-order valence-electron chi connectivity index (χ1n) is 35.6. The smallest absolute Gasteiger partial charge is 0.462 e. The fourth-order valence-electron chi connectivity index (χ4n) is 9.85. The number of nitrogens with zero attached hydrogens (tertiary/aromatic N) is 1. The number of likely N-dealkylation sites (N-methyl/N-ethyl adjacent to an activating group) is 1. The molecule has 2 unspecified atom stereocenters. The largest absolute Gasteiger partial charge is 0.472 e. The summed E-state index contributed by atoms with van der Waals surface area (Å²) in [5.74, 6) is -0.799. The molecule has 0 bridgehead atoms. The number of esters is 2. The lowest BCUT2D eigenvalue weighted by Crippen LogP contribution is -2.37. The summed E-state index contributed by atoms with van der Waals surface area (Å²) < 4.78 is 34.7. The maximum absolute atomic E-state index is 12.9. The van der Waals surface area contributed by atoms with Crippen LogP contribution < -0.4 is 0 Å². The zero-order valence-electron chi connectivity index (χ0n) is 56.5. The average Bonchev–Trinajstić information content (AvgIpc) is 3.56. The summed E-state index contributed by atoms with van der Waals surface area (Å²) >= 11 is 0. The van der Waals surface area contributed by atoms with Gasteiger partial charge >= 0.3 is 19.8 Å². The summed E-state index contributed by atoms with van der Waals surface area (Å²) in [5, 5.41) is 0. The lowest BCUT2D eigenvalue weighted by molar-refractivity contribution is -0.870. The van der Waals surface area contributed by atoms with Gasteiger partial charge in [-0.3, -0.25) is 18.6 Å². The fourth-order valence-corrected chi connectivity index (χ4v) is 10.6. The third-order valence-electron chi connectivity index (χ3n) is 15.3. The fraction of sp³-hybridized carbons (Fsp3) is 0.737. The molecule has 0 saturated carbocycles. The van der Waals surface area contributed by atoms with Gasteiger partial charge in [-0.25, -0.2) is 4.57 Å². The van der Waals surface area contributed by atoms with Gasteiger partial charge in [0.05, 0.1) is 27.7 Å². The number of quaternary nitrogens is 1. The molecule has 86 heavy (non-hydrogen) atoms. The second kappa shape index (κ2) is 66.1. The van der Waals surface area contributed by atoms with E-state index in [1.54, 1.807) is 0 Å². The van der Waals surface area contributed by atoms with Crippen molar-refractivity contribution in [3.8, 4) is 0 Å². The Bertz CT molecular complexity index is 1820. The summed E-state index contributed by atoms with van der Waals surface area (Å²) in [6.45, 7) is 4.33. The molecule has 0 aromatic rings. The lowest BCUT2D eigenvalue weighted by Gasteiger charge is -2.24. The van der Waals surface area contributed by atoms with E-state index in [-0.39, 0.29) is 32.0 Å². The molecule has 0 heterocycles. The van der Waals surface area contributed by atoms with Crippen molar-refractivity contribution in [3.63, 3.8) is 0 Å². The van der Waals surface area contributed by atoms with Crippen LogP contribution in [0.5, 0.6) is 0 Å². The van der Waals surface area contributed by atoms with Crippen LogP contribution in [0, 0.1) is 0 Å². The molecule has 0 aliphatic rings. The molecule has 2 atom stereocenters. The highest BCUT2D eigenvalue weighted by Gasteiger charge is 2.27. The minimum atomic E-state index is -4.40. The number of hydrogen-bond donors (Lipinski definition) is 1. The number of rotatable bonds is 65. The van der Waals surface area contributed by atoms with Crippen LogP contribution in [0.15, 0.2) is 109 Å². The second-order valence-corrected chi connectivity index (χ2v) is 26.3. The summed E-state index contributed by atoms with van der Waals surface area (Å²) in [6.07, 6.45) is 93.3. The second-order valence-electron chi connectivity index (χ2n) is 24.9. The van der Waals surface area contributed by atoms with Crippen molar-refractivity contribution in [2.24, 2.45) is 0 Å². The van der Waals surface area contributed by atoms with Crippen LogP contribution in [0.3, 0.4) is 0 Å². The molecule has 0 saturated heterocycles. The van der Waals surface area contributed by atoms with Gasteiger partial charge in [-0.2, -0.15) is 0 Å². The van der Waals surface area contributed by atoms with Crippen LogP contribution in [0.25, 0.3) is 0 Å². The molecule has 0 aromatic carbocycles. The summed E-state index contributed by atoms with van der Waals surface area (Å²) in [5.41, 5.74) is 0. The van der Waals surface area contributed by atoms with E-state index in [1.807, 2.05) is 21.1 Å². The van der Waals surface area contributed by atoms with Crippen LogP contribution in [-0.2, 0) is 32.7 Å². The number of phosphoric ester groups is 1. The molecule has 10 heteroatoms. The van der Waals surface area contributed by atoms with Gasteiger partial charge in [0.1, 0.15) is 19.8 Å². The van der Waals surface area contributed by atoms with Gasteiger partial charge < -0.3 is 18.9 Å². The van der Waals surface area contributed by atoms with E-state index in [4.69, 9.17) is 18.5 Å². The highest BCUT2D eigenvalue weighted by molar-refractivity contribution is 7.47. The highest BCUT2D eigenvalue weighted by atomic mass is 31.2. The quantitative estimate of drug-likeness (QED) is 0.0211. The van der Waals surface area contributed by atoms with Crippen LogP contribution in [0.1, 0.15) is 309 Å². The first-order chi connectivity index (χ1) is 42.0. The molecule has 0 aliphatic carbocycles. The zero-order valence-corrected chi connectivity index (χ0v) is 57.4. The molecular formula is C76H135NO8P+. The summed E-state index contributed by atoms with van der Waals surface area (Å²) in [7, 11) is 1.47. The van der Waals surface area contributed by atoms with Crippen molar-refractivity contribution >= 4 is 19.8 Å². The molecule has 1 N–H and O–H groups in total. The van der Waals surface area contributed by atoms with E-state index in [9.17, 15) is 19.0 Å². The summed E-state index contributed by atoms with van der Waals surface area (Å²) in [6, 6.07) is 0. The average molecular weight is 1220 g/mol. The number of carbonyl (C=O) groups is 2. The van der Waals surface area contributed by atoms with E-state index in [1.165, 1.54) is 180 Å². The van der Waals surface area contributed by atoms with Gasteiger partial charge in [0.2, 0.25) is 0 Å². The Hall–Kier alpha value is -3.33. The van der Waals surface area contributed by atoms with Crippen molar-refractivity contribution in [3.05, 3.63) is 109 Å². The Labute approximate surface area is 531 Å². The molecule has 0 aliphatic heterocycles. The number of allylic oxidation sites excluding steroid dienone is 18. The van der Waals surface area contributed by atoms with Gasteiger partial charge in [-0.05, 0) is 103 Å². The molecule has 0 rings (SSSR count). The maximum atomic E-state index is 12.9. The molecular weight excluding hydrogens is 1090 g/mol. The number of ether oxygens (including phenoxy) is 2. The molecule has 0 amide bonds. The van der Waals surface area contributed by atoms with E-state index < -0.39 is 26.5 Å². The standard InChI is InChI=1S/C76H134NO8P/c1-6-8-10-12-14-16-18-20-22-24-26-28-30-32-34-36-38-40-42-44-46-48-50-52-54-56-58-60-62-64-66-68-75(78)82-72-74(73-84-86(80,81)83-71-70-77(3,4)5)85-76(79)69-67-65-63-61-59-57-55-53-51-49-47-45-43-41-39-37-35-33-31-29-27-25-23-21-19-17-15-13-11-9-7-2/h9,11,15,17-18,20-21,23-24,26-27,29,33,35,39,41,45,47,74H,6-8,10,12-14,16,19,22,25,28,30-32,34,36-38,40,42-44,46,48-73H2,1-5H3/p+1/b11-9-,17-15-,20-18-,23-21-,26-24-,29-27-,35-33-,41-39-,47-45-. The molecule has 0 spiro atoms.